The fourth-order valence-corrected chi connectivity index (χ4v) is 8.15. The summed E-state index contributed by atoms with van der Waals surface area (Å²) in [5.41, 5.74) is 19.0. The molecule has 11 N–H and O–H groups in total. The molecule has 4 aromatic rings. The molecule has 5 atom stereocenters. The summed E-state index contributed by atoms with van der Waals surface area (Å²) in [6.45, 7) is 2.52. The molecular weight excluding hydrogens is 717 g/mol. The summed E-state index contributed by atoms with van der Waals surface area (Å²) in [6.07, 6.45) is 6.60. The molecule has 2 aromatic heterocycles. The number of carbonyl (C=O) groups is 5. The Morgan fingerprint density at radius 3 is 2.50 bits per heavy atom. The summed E-state index contributed by atoms with van der Waals surface area (Å²) in [4.78, 5) is 78.2. The number of nitrogens with zero attached hydrogens (tertiary/aromatic N) is 3. The maximum absolute atomic E-state index is 14.8. The first-order chi connectivity index (χ1) is 26.9. The number of nitrogens with one attached hydrogen (secondary N) is 4. The molecule has 0 aliphatic carbocycles. The number of H-pyrrole nitrogens is 1. The lowest BCUT2D eigenvalue weighted by atomic mass is 9.87. The van der Waals surface area contributed by atoms with Gasteiger partial charge in [-0.2, -0.15) is 0 Å². The average molecular weight is 769 g/mol. The zero-order valence-corrected chi connectivity index (χ0v) is 31.6. The number of benzene rings is 2. The number of carboxylic acids is 1. The van der Waals surface area contributed by atoms with Gasteiger partial charge in [0.05, 0.1) is 6.04 Å². The predicted octanol–water partition coefficient (Wildman–Crippen LogP) is 1.39. The zero-order valence-electron chi connectivity index (χ0n) is 31.6. The molecule has 4 amide bonds. The zero-order chi connectivity index (χ0) is 40.0. The number of carbonyl (C=O) groups excluding carboxylic acids is 4. The monoisotopic (exact) mass is 768 g/mol. The van der Waals surface area contributed by atoms with Gasteiger partial charge in [0, 0.05) is 66.7 Å². The SMILES string of the molecule is C[C@H](N)C(=O)N[C@H]1Cc2cn(c3ccccc23)CCCC[C@@]2(C(=O)N[C@@H](Cc3c[nH]c4ccccc34)C(=O)O)CCCN2C(=O)[C@H](CCCN=C(N)N)NC1=O. The summed E-state index contributed by atoms with van der Waals surface area (Å²) >= 11 is 0. The second kappa shape index (κ2) is 17.3. The molecule has 0 radical (unpaired) electrons. The molecule has 6 rings (SSSR count). The van der Waals surface area contributed by atoms with Gasteiger partial charge in [0.2, 0.25) is 23.6 Å². The Morgan fingerprint density at radius 1 is 1.02 bits per heavy atom. The number of amides is 4. The Kier molecular flexibility index (Phi) is 12.3. The van der Waals surface area contributed by atoms with E-state index >= 15 is 0 Å². The third-order valence-corrected chi connectivity index (χ3v) is 11.0. The molecular formula is C40H52N10O6. The van der Waals surface area contributed by atoms with E-state index in [9.17, 15) is 29.1 Å². The van der Waals surface area contributed by atoms with Gasteiger partial charge in [-0.3, -0.25) is 24.2 Å². The summed E-state index contributed by atoms with van der Waals surface area (Å²) in [5.74, 6) is -3.48. The maximum atomic E-state index is 14.8. The van der Waals surface area contributed by atoms with Crippen LogP contribution in [0.25, 0.3) is 21.8 Å². The first-order valence-corrected chi connectivity index (χ1v) is 19.3. The van der Waals surface area contributed by atoms with Crippen molar-refractivity contribution in [3.8, 4) is 0 Å². The van der Waals surface area contributed by atoms with Gasteiger partial charge in [0.15, 0.2) is 5.96 Å². The Bertz CT molecular complexity index is 2120. The number of aromatic amines is 1. The number of guanidine groups is 1. The van der Waals surface area contributed by atoms with Crippen molar-refractivity contribution in [2.45, 2.75) is 101 Å². The second-order valence-corrected chi connectivity index (χ2v) is 14.9. The van der Waals surface area contributed by atoms with E-state index in [-0.39, 0.29) is 44.7 Å². The summed E-state index contributed by atoms with van der Waals surface area (Å²) in [5, 5.41) is 20.7. The van der Waals surface area contributed by atoms with Crippen molar-refractivity contribution in [2.24, 2.45) is 22.2 Å². The van der Waals surface area contributed by atoms with Crippen LogP contribution in [-0.4, -0.2) is 97.9 Å². The predicted molar refractivity (Wildman–Crippen MR) is 212 cm³/mol. The number of carboxylic acid groups (broad SMARTS) is 1. The van der Waals surface area contributed by atoms with E-state index in [1.54, 1.807) is 6.20 Å². The lowest BCUT2D eigenvalue weighted by Gasteiger charge is -2.40. The third-order valence-electron chi connectivity index (χ3n) is 11.0. The average Bonchev–Trinajstić information content (AvgIpc) is 3.89. The smallest absolute Gasteiger partial charge is 0.326 e. The Balaban J connectivity index is 1.37. The highest BCUT2D eigenvalue weighted by Gasteiger charge is 2.51. The molecule has 4 heterocycles. The quantitative estimate of drug-likeness (QED) is 0.0623. The summed E-state index contributed by atoms with van der Waals surface area (Å²) in [7, 11) is 0. The van der Waals surface area contributed by atoms with Crippen LogP contribution in [0, 0.1) is 0 Å². The van der Waals surface area contributed by atoms with Crippen molar-refractivity contribution in [3.05, 3.63) is 72.1 Å². The van der Waals surface area contributed by atoms with Crippen LogP contribution in [0.2, 0.25) is 0 Å². The summed E-state index contributed by atoms with van der Waals surface area (Å²) in [6, 6.07) is 11.0. The van der Waals surface area contributed by atoms with Crippen LogP contribution >= 0.6 is 0 Å². The van der Waals surface area contributed by atoms with E-state index in [0.29, 0.717) is 38.6 Å². The van der Waals surface area contributed by atoms with Crippen LogP contribution in [0.1, 0.15) is 63.0 Å². The van der Waals surface area contributed by atoms with Gasteiger partial charge in [-0.25, -0.2) is 4.79 Å². The van der Waals surface area contributed by atoms with Crippen LogP contribution in [0.4, 0.5) is 0 Å². The van der Waals surface area contributed by atoms with Crippen LogP contribution in [0.3, 0.4) is 0 Å². The highest BCUT2D eigenvalue weighted by Crippen LogP contribution is 2.36. The van der Waals surface area contributed by atoms with Crippen molar-refractivity contribution >= 4 is 57.4 Å². The Morgan fingerprint density at radius 2 is 1.75 bits per heavy atom. The minimum atomic E-state index is -1.39. The summed E-state index contributed by atoms with van der Waals surface area (Å²) < 4.78 is 2.10. The van der Waals surface area contributed by atoms with Crippen molar-refractivity contribution in [1.29, 1.82) is 0 Å². The number of fused-ring (bicyclic) bond motifs is 7. The Labute approximate surface area is 324 Å². The van der Waals surface area contributed by atoms with Gasteiger partial charge < -0.3 is 52.7 Å². The number of aliphatic carboxylic acids is 1. The molecule has 56 heavy (non-hydrogen) atoms. The van der Waals surface area contributed by atoms with E-state index < -0.39 is 59.3 Å². The van der Waals surface area contributed by atoms with Crippen molar-refractivity contribution in [1.82, 2.24) is 30.4 Å². The topological polar surface area (TPSA) is 256 Å². The van der Waals surface area contributed by atoms with Crippen molar-refractivity contribution in [2.75, 3.05) is 13.1 Å². The highest BCUT2D eigenvalue weighted by atomic mass is 16.4. The van der Waals surface area contributed by atoms with Crippen LogP contribution in [0.15, 0.2) is 65.9 Å². The first-order valence-electron chi connectivity index (χ1n) is 19.3. The van der Waals surface area contributed by atoms with Gasteiger partial charge in [0.1, 0.15) is 23.7 Å². The largest absolute Gasteiger partial charge is 0.480 e. The number of rotatable bonds is 11. The first kappa shape index (κ1) is 39.8. The van der Waals surface area contributed by atoms with Gasteiger partial charge in [-0.05, 0) is 75.1 Å². The van der Waals surface area contributed by atoms with Crippen molar-refractivity contribution in [3.63, 3.8) is 0 Å². The molecule has 0 unspecified atom stereocenters. The molecule has 1 fully saturated rings. The molecule has 2 aliphatic rings. The molecule has 1 saturated heterocycles. The van der Waals surface area contributed by atoms with Crippen LogP contribution in [0.5, 0.6) is 0 Å². The molecule has 298 valence electrons. The lowest BCUT2D eigenvalue weighted by Crippen LogP contribution is -2.63. The highest BCUT2D eigenvalue weighted by molar-refractivity contribution is 5.98. The maximum Gasteiger partial charge on any atom is 0.326 e. The number of hydrogen-bond acceptors (Lipinski definition) is 7. The fourth-order valence-electron chi connectivity index (χ4n) is 8.15. The van der Waals surface area contributed by atoms with E-state index in [4.69, 9.17) is 17.2 Å². The third kappa shape index (κ3) is 8.64. The number of aryl methyl sites for hydroxylation is 1. The fraction of sp³-hybridized carbons (Fsp3) is 0.450. The molecule has 16 heteroatoms. The Hall–Kier alpha value is -5.90. The molecule has 2 aromatic carbocycles. The number of para-hydroxylation sites is 2. The van der Waals surface area contributed by atoms with Crippen LogP contribution in [-0.2, 0) is 43.4 Å². The minimum Gasteiger partial charge on any atom is -0.480 e. The number of aliphatic imine (C=N–C) groups is 1. The molecule has 0 saturated carbocycles. The van der Waals surface area contributed by atoms with E-state index in [0.717, 1.165) is 32.9 Å². The number of nitrogens with two attached hydrogens (primary N) is 3. The normalized spacial score (nSPS) is 21.6. The van der Waals surface area contributed by atoms with Crippen molar-refractivity contribution < 1.29 is 29.1 Å². The van der Waals surface area contributed by atoms with Gasteiger partial charge >= 0.3 is 5.97 Å². The van der Waals surface area contributed by atoms with E-state index in [1.807, 2.05) is 54.7 Å². The van der Waals surface area contributed by atoms with Gasteiger partial charge in [-0.15, -0.1) is 0 Å². The molecule has 2 bridgehead atoms. The molecule has 2 aliphatic heterocycles. The number of aromatic nitrogens is 2. The van der Waals surface area contributed by atoms with Crippen LogP contribution < -0.4 is 33.2 Å². The molecule has 0 spiro atoms. The second-order valence-electron chi connectivity index (χ2n) is 14.9. The van der Waals surface area contributed by atoms with E-state index in [1.165, 1.54) is 11.8 Å². The standard InChI is InChI=1S/C40H52N10O6/c1-24(41)34(51)47-31-21-26-23-49(33-14-5-3-11-28(26)33)18-7-6-15-40(16-9-19-50(40)36(53)30(46-35(31)52)13-8-17-44-39(42)43)38(56)48-32(37(54)55)20-25-22-45-29-12-4-2-10-27(25)29/h2-5,10-12,14,22-24,30-32,45H,6-9,13,15-21,41H2,1H3,(H,46,52)(H,47,51)(H,48,56)(H,54,55)(H4,42,43,44)/t24-,30-,31-,32-,40-/m0/s1. The van der Waals surface area contributed by atoms with Gasteiger partial charge in [0.25, 0.3) is 0 Å². The van der Waals surface area contributed by atoms with E-state index in [2.05, 4.69) is 30.5 Å². The van der Waals surface area contributed by atoms with Gasteiger partial charge in [-0.1, -0.05) is 36.4 Å². The number of hydrogen-bond donors (Lipinski definition) is 8. The molecule has 16 nitrogen and oxygen atoms in total. The lowest BCUT2D eigenvalue weighted by molar-refractivity contribution is -0.150. The minimum absolute atomic E-state index is 0.0240.